The lowest BCUT2D eigenvalue weighted by molar-refractivity contribution is -0.705. The monoisotopic (exact) mass is 237 g/mol. The Morgan fingerprint density at radius 1 is 1.12 bits per heavy atom. The predicted molar refractivity (Wildman–Crippen MR) is 73.2 cm³/mol. The van der Waals surface area contributed by atoms with Crippen LogP contribution in [0.15, 0.2) is 12.4 Å². The SMILES string of the molecule is CCCCCC[n+]1ccn(C(C)C)c1C(C)C. The minimum absolute atomic E-state index is 0.560. The summed E-state index contributed by atoms with van der Waals surface area (Å²) in [6.45, 7) is 12.5. The van der Waals surface area contributed by atoms with E-state index in [-0.39, 0.29) is 0 Å². The summed E-state index contributed by atoms with van der Waals surface area (Å²) in [5.74, 6) is 2.06. The van der Waals surface area contributed by atoms with Crippen LogP contribution in [0, 0.1) is 0 Å². The summed E-state index contributed by atoms with van der Waals surface area (Å²) in [4.78, 5) is 0. The van der Waals surface area contributed by atoms with E-state index in [1.165, 1.54) is 38.1 Å². The summed E-state index contributed by atoms with van der Waals surface area (Å²) >= 11 is 0. The van der Waals surface area contributed by atoms with Crippen molar-refractivity contribution in [3.63, 3.8) is 0 Å². The van der Waals surface area contributed by atoms with Gasteiger partial charge in [-0.1, -0.05) is 33.6 Å². The molecule has 0 unspecified atom stereocenters. The Morgan fingerprint density at radius 3 is 2.35 bits per heavy atom. The molecule has 2 nitrogen and oxygen atoms in total. The van der Waals surface area contributed by atoms with Gasteiger partial charge >= 0.3 is 0 Å². The molecule has 2 heteroatoms. The van der Waals surface area contributed by atoms with Crippen molar-refractivity contribution < 1.29 is 4.57 Å². The third kappa shape index (κ3) is 3.86. The third-order valence-corrected chi connectivity index (χ3v) is 3.29. The van der Waals surface area contributed by atoms with Crippen molar-refractivity contribution in [1.29, 1.82) is 0 Å². The molecule has 1 aromatic rings. The van der Waals surface area contributed by atoms with Gasteiger partial charge in [-0.2, -0.15) is 0 Å². The lowest BCUT2D eigenvalue weighted by Crippen LogP contribution is -2.38. The summed E-state index contributed by atoms with van der Waals surface area (Å²) in [5.41, 5.74) is 0. The van der Waals surface area contributed by atoms with E-state index < -0.39 is 0 Å². The summed E-state index contributed by atoms with van der Waals surface area (Å²) in [6.07, 6.45) is 9.83. The second kappa shape index (κ2) is 6.83. The van der Waals surface area contributed by atoms with Gasteiger partial charge in [0.25, 0.3) is 5.82 Å². The summed E-state index contributed by atoms with van der Waals surface area (Å²) < 4.78 is 4.85. The number of hydrogen-bond acceptors (Lipinski definition) is 0. The topological polar surface area (TPSA) is 8.81 Å². The van der Waals surface area contributed by atoms with Crippen LogP contribution in [0.5, 0.6) is 0 Å². The molecule has 0 atom stereocenters. The van der Waals surface area contributed by atoms with E-state index in [0.717, 1.165) is 0 Å². The zero-order valence-electron chi connectivity index (χ0n) is 12.2. The van der Waals surface area contributed by atoms with Crippen LogP contribution >= 0.6 is 0 Å². The highest BCUT2D eigenvalue weighted by Gasteiger charge is 2.21. The van der Waals surface area contributed by atoms with Gasteiger partial charge in [-0.25, -0.2) is 9.13 Å². The van der Waals surface area contributed by atoms with Gasteiger partial charge in [-0.15, -0.1) is 0 Å². The lowest BCUT2D eigenvalue weighted by Gasteiger charge is -2.10. The molecular formula is C15H29N2+. The Bertz CT molecular complexity index is 324. The van der Waals surface area contributed by atoms with E-state index in [2.05, 4.69) is 56.1 Å². The summed E-state index contributed by atoms with van der Waals surface area (Å²) in [6, 6.07) is 0.560. The predicted octanol–water partition coefficient (Wildman–Crippen LogP) is 4.06. The molecule has 0 aliphatic heterocycles. The molecule has 0 aliphatic rings. The number of aromatic nitrogens is 2. The Kier molecular flexibility index (Phi) is 5.73. The molecule has 1 heterocycles. The maximum absolute atomic E-state index is 2.44. The van der Waals surface area contributed by atoms with Crippen molar-refractivity contribution in [1.82, 2.24) is 4.57 Å². The van der Waals surface area contributed by atoms with Crippen LogP contribution in [0.1, 0.15) is 78.1 Å². The molecular weight excluding hydrogens is 208 g/mol. The van der Waals surface area contributed by atoms with Crippen LogP contribution in [0.2, 0.25) is 0 Å². The van der Waals surface area contributed by atoms with Gasteiger partial charge in [-0.05, 0) is 26.7 Å². The highest BCUT2D eigenvalue weighted by atomic mass is 15.2. The van der Waals surface area contributed by atoms with E-state index in [4.69, 9.17) is 0 Å². The normalized spacial score (nSPS) is 11.7. The number of nitrogens with zero attached hydrogens (tertiary/aromatic N) is 2. The first-order valence-electron chi connectivity index (χ1n) is 7.18. The first-order chi connectivity index (χ1) is 8.07. The third-order valence-electron chi connectivity index (χ3n) is 3.29. The van der Waals surface area contributed by atoms with Gasteiger partial charge in [0, 0.05) is 0 Å². The molecule has 0 N–H and O–H groups in total. The molecule has 0 amide bonds. The molecule has 17 heavy (non-hydrogen) atoms. The Labute approximate surface area is 107 Å². The van der Waals surface area contributed by atoms with Crippen LogP contribution in [0.3, 0.4) is 0 Å². The second-order valence-corrected chi connectivity index (χ2v) is 5.57. The average molecular weight is 237 g/mol. The smallest absolute Gasteiger partial charge is 0.234 e. The van der Waals surface area contributed by atoms with E-state index >= 15 is 0 Å². The molecule has 1 aromatic heterocycles. The zero-order valence-corrected chi connectivity index (χ0v) is 12.2. The number of rotatable bonds is 7. The fraction of sp³-hybridized carbons (Fsp3) is 0.800. The molecule has 0 saturated heterocycles. The van der Waals surface area contributed by atoms with Gasteiger partial charge in [0.2, 0.25) is 0 Å². The molecule has 0 aromatic carbocycles. The van der Waals surface area contributed by atoms with E-state index in [9.17, 15) is 0 Å². The van der Waals surface area contributed by atoms with Crippen LogP contribution in [0.4, 0.5) is 0 Å². The first kappa shape index (κ1) is 14.3. The van der Waals surface area contributed by atoms with Gasteiger partial charge < -0.3 is 0 Å². The average Bonchev–Trinajstić information content (AvgIpc) is 2.68. The molecule has 0 spiro atoms. The standard InChI is InChI=1S/C15H29N2/c1-6-7-8-9-10-16-11-12-17(14(4)5)15(16)13(2)3/h11-14H,6-10H2,1-5H3/q+1. The van der Waals surface area contributed by atoms with Crippen LogP contribution in [-0.2, 0) is 6.54 Å². The number of aryl methyl sites for hydroxylation is 1. The summed E-state index contributed by atoms with van der Waals surface area (Å²) in [7, 11) is 0. The first-order valence-corrected chi connectivity index (χ1v) is 7.18. The molecule has 0 saturated carbocycles. The number of imidazole rings is 1. The molecule has 1 rings (SSSR count). The van der Waals surface area contributed by atoms with Gasteiger partial charge in [0.1, 0.15) is 12.4 Å². The lowest BCUT2D eigenvalue weighted by atomic mass is 10.1. The zero-order chi connectivity index (χ0) is 12.8. The van der Waals surface area contributed by atoms with Crippen molar-refractivity contribution in [2.75, 3.05) is 0 Å². The van der Waals surface area contributed by atoms with Crippen molar-refractivity contribution in [3.8, 4) is 0 Å². The molecule has 98 valence electrons. The van der Waals surface area contributed by atoms with E-state index in [1.54, 1.807) is 0 Å². The highest BCUT2D eigenvalue weighted by molar-refractivity contribution is 4.91. The molecule has 0 fully saturated rings. The van der Waals surface area contributed by atoms with Gasteiger partial charge in [0.05, 0.1) is 18.5 Å². The maximum Gasteiger partial charge on any atom is 0.259 e. The summed E-state index contributed by atoms with van der Waals surface area (Å²) in [5, 5.41) is 0. The minimum Gasteiger partial charge on any atom is -0.234 e. The molecule has 0 aliphatic carbocycles. The van der Waals surface area contributed by atoms with Gasteiger partial charge in [-0.3, -0.25) is 0 Å². The van der Waals surface area contributed by atoms with Crippen molar-refractivity contribution in [2.45, 2.75) is 78.8 Å². The van der Waals surface area contributed by atoms with Crippen molar-refractivity contribution in [3.05, 3.63) is 18.2 Å². The molecule has 0 radical (unpaired) electrons. The fourth-order valence-electron chi connectivity index (χ4n) is 2.42. The number of hydrogen-bond donors (Lipinski definition) is 0. The Balaban J connectivity index is 2.71. The Morgan fingerprint density at radius 2 is 1.82 bits per heavy atom. The fourth-order valence-corrected chi connectivity index (χ4v) is 2.42. The van der Waals surface area contributed by atoms with Crippen LogP contribution in [-0.4, -0.2) is 4.57 Å². The van der Waals surface area contributed by atoms with E-state index in [1.807, 2.05) is 0 Å². The van der Waals surface area contributed by atoms with Crippen LogP contribution in [0.25, 0.3) is 0 Å². The van der Waals surface area contributed by atoms with Crippen LogP contribution < -0.4 is 4.57 Å². The van der Waals surface area contributed by atoms with E-state index in [0.29, 0.717) is 12.0 Å². The minimum atomic E-state index is 0.560. The highest BCUT2D eigenvalue weighted by Crippen LogP contribution is 2.15. The largest absolute Gasteiger partial charge is 0.259 e. The molecule has 0 bridgehead atoms. The van der Waals surface area contributed by atoms with Gasteiger partial charge in [0.15, 0.2) is 0 Å². The quantitative estimate of drug-likeness (QED) is 0.499. The van der Waals surface area contributed by atoms with Crippen molar-refractivity contribution >= 4 is 0 Å². The second-order valence-electron chi connectivity index (χ2n) is 5.57. The maximum atomic E-state index is 2.44. The Hall–Kier alpha value is -0.790. The van der Waals surface area contributed by atoms with Crippen molar-refractivity contribution in [2.24, 2.45) is 0 Å². The number of unbranched alkanes of at least 4 members (excludes halogenated alkanes) is 3.